The van der Waals surface area contributed by atoms with Gasteiger partial charge in [0, 0.05) is 13.6 Å². The second-order valence-electron chi connectivity index (χ2n) is 15.0. The van der Waals surface area contributed by atoms with Gasteiger partial charge in [-0.15, -0.1) is 0 Å². The van der Waals surface area contributed by atoms with Crippen LogP contribution in [-0.2, 0) is 16.0 Å². The highest BCUT2D eigenvalue weighted by atomic mass is 16.2. The maximum Gasteiger partial charge on any atom is 0.244 e. The van der Waals surface area contributed by atoms with Gasteiger partial charge in [-0.3, -0.25) is 14.5 Å². The lowest BCUT2D eigenvalue weighted by Crippen LogP contribution is -2.44. The number of nitrogens with zero attached hydrogens (tertiary/aromatic N) is 5. The molecule has 9 heteroatoms. The van der Waals surface area contributed by atoms with E-state index in [-0.39, 0.29) is 29.9 Å². The van der Waals surface area contributed by atoms with Crippen molar-refractivity contribution < 1.29 is 9.59 Å². The van der Waals surface area contributed by atoms with Gasteiger partial charge in [-0.05, 0) is 79.1 Å². The number of likely N-dealkylation sites (tertiary alicyclic amines) is 2. The highest BCUT2D eigenvalue weighted by molar-refractivity contribution is 5.83. The lowest BCUT2D eigenvalue weighted by atomic mass is 10.00. The standard InChI is InChI=1S/C46H49N7O2/c1-32(51(2)46(55)43(38-15-8-4-9-16-38)52-26-10-5-11-27-52)44-47-30-39(49-44)36-22-18-34(19-23-36)35-20-24-37(25-21-35)40-31-48-45(50-40)41-17-12-28-53(41)42(54)29-33-13-6-3-7-14-33/h3-4,6-9,13-16,18-25,30-32,41,43H,5,10-12,17,26-29H2,1-2H3,(H,47,49)(H,48,50)/t32-,41-,43+/m0/s1. The van der Waals surface area contributed by atoms with Gasteiger partial charge in [0.1, 0.15) is 17.7 Å². The van der Waals surface area contributed by atoms with Crippen molar-refractivity contribution in [1.82, 2.24) is 34.6 Å². The van der Waals surface area contributed by atoms with E-state index >= 15 is 0 Å². The number of hydrogen-bond donors (Lipinski definition) is 2. The van der Waals surface area contributed by atoms with E-state index < -0.39 is 0 Å². The number of aromatic amines is 2. The molecule has 2 aromatic heterocycles. The normalized spacial score (nSPS) is 17.2. The molecule has 6 aromatic rings. The average molecular weight is 732 g/mol. The lowest BCUT2D eigenvalue weighted by molar-refractivity contribution is -0.138. The minimum absolute atomic E-state index is 0.0308. The van der Waals surface area contributed by atoms with Crippen molar-refractivity contribution in [2.75, 3.05) is 26.7 Å². The Morgan fingerprint density at radius 1 is 0.709 bits per heavy atom. The van der Waals surface area contributed by atoms with Gasteiger partial charge in [0.2, 0.25) is 11.8 Å². The molecule has 0 saturated carbocycles. The van der Waals surface area contributed by atoms with Crippen molar-refractivity contribution in [3.05, 3.63) is 144 Å². The molecule has 8 rings (SSSR count). The number of benzene rings is 4. The second-order valence-corrected chi connectivity index (χ2v) is 15.0. The highest BCUT2D eigenvalue weighted by Crippen LogP contribution is 2.34. The van der Waals surface area contributed by atoms with Crippen LogP contribution < -0.4 is 0 Å². The molecule has 2 fully saturated rings. The van der Waals surface area contributed by atoms with E-state index in [1.54, 1.807) is 0 Å². The summed E-state index contributed by atoms with van der Waals surface area (Å²) in [4.78, 5) is 49.9. The SMILES string of the molecule is C[C@@H](c1ncc(-c2ccc(-c3ccc(-c4cnc([C@@H]5CCCN5C(=O)Cc5ccccc5)[nH]4)cc3)cc2)[nH]1)N(C)C(=O)[C@@H](c1ccccc1)N1CCCCC1. The number of hydrogen-bond acceptors (Lipinski definition) is 5. The van der Waals surface area contributed by atoms with Crippen molar-refractivity contribution >= 4 is 11.8 Å². The molecule has 280 valence electrons. The molecule has 0 unspecified atom stereocenters. The number of imidazole rings is 2. The Balaban J connectivity index is 0.910. The Bertz CT molecular complexity index is 2190. The molecule has 0 aliphatic carbocycles. The maximum absolute atomic E-state index is 14.1. The topological polar surface area (TPSA) is 101 Å². The molecule has 3 atom stereocenters. The fourth-order valence-corrected chi connectivity index (χ4v) is 8.14. The van der Waals surface area contributed by atoms with Crippen molar-refractivity contribution in [3.8, 4) is 33.6 Å². The van der Waals surface area contributed by atoms with Gasteiger partial charge in [-0.25, -0.2) is 9.97 Å². The number of carbonyl (C=O) groups is 2. The quantitative estimate of drug-likeness (QED) is 0.139. The molecule has 2 saturated heterocycles. The van der Waals surface area contributed by atoms with Gasteiger partial charge in [0.05, 0.1) is 42.3 Å². The minimum atomic E-state index is -0.299. The summed E-state index contributed by atoms with van der Waals surface area (Å²) in [6, 6.07) is 36.5. The van der Waals surface area contributed by atoms with Gasteiger partial charge >= 0.3 is 0 Å². The molecule has 0 bridgehead atoms. The summed E-state index contributed by atoms with van der Waals surface area (Å²) in [5.41, 5.74) is 8.24. The molecule has 55 heavy (non-hydrogen) atoms. The van der Waals surface area contributed by atoms with Crippen LogP contribution in [0, 0.1) is 0 Å². The van der Waals surface area contributed by atoms with Gasteiger partial charge in [-0.1, -0.05) is 116 Å². The van der Waals surface area contributed by atoms with Crippen LogP contribution in [0.25, 0.3) is 33.6 Å². The fraction of sp³-hybridized carbons (Fsp3) is 0.304. The number of amides is 2. The van der Waals surface area contributed by atoms with Crippen LogP contribution in [0.15, 0.2) is 122 Å². The number of likely N-dealkylation sites (N-methyl/N-ethyl adjacent to an activating group) is 1. The van der Waals surface area contributed by atoms with Crippen LogP contribution in [0.2, 0.25) is 0 Å². The monoisotopic (exact) mass is 731 g/mol. The molecule has 2 aliphatic rings. The first-order valence-electron chi connectivity index (χ1n) is 19.6. The summed E-state index contributed by atoms with van der Waals surface area (Å²) >= 11 is 0. The molecule has 2 amide bonds. The van der Waals surface area contributed by atoms with Crippen LogP contribution >= 0.6 is 0 Å². The Hall–Kier alpha value is -5.80. The largest absolute Gasteiger partial charge is 0.340 e. The summed E-state index contributed by atoms with van der Waals surface area (Å²) in [7, 11) is 1.89. The summed E-state index contributed by atoms with van der Waals surface area (Å²) in [5.74, 6) is 1.84. The minimum Gasteiger partial charge on any atom is -0.340 e. The Kier molecular flexibility index (Phi) is 10.7. The van der Waals surface area contributed by atoms with Crippen molar-refractivity contribution in [2.45, 2.75) is 63.6 Å². The molecule has 2 aliphatic heterocycles. The van der Waals surface area contributed by atoms with Gasteiger partial charge in [0.15, 0.2) is 0 Å². The molecule has 9 nitrogen and oxygen atoms in total. The highest BCUT2D eigenvalue weighted by Gasteiger charge is 2.34. The molecule has 4 aromatic carbocycles. The number of rotatable bonds is 11. The third-order valence-corrected chi connectivity index (χ3v) is 11.4. The van der Waals surface area contributed by atoms with Gasteiger partial charge in [0.25, 0.3) is 0 Å². The average Bonchev–Trinajstić information content (AvgIpc) is 4.04. The zero-order valence-electron chi connectivity index (χ0n) is 31.7. The summed E-state index contributed by atoms with van der Waals surface area (Å²) in [5, 5.41) is 0. The molecular formula is C46H49N7O2. The van der Waals surface area contributed by atoms with Gasteiger partial charge < -0.3 is 19.8 Å². The van der Waals surface area contributed by atoms with Crippen LogP contribution in [0.3, 0.4) is 0 Å². The first-order valence-corrected chi connectivity index (χ1v) is 19.6. The maximum atomic E-state index is 14.1. The van der Waals surface area contributed by atoms with Crippen LogP contribution in [0.1, 0.15) is 79.9 Å². The van der Waals surface area contributed by atoms with E-state index in [2.05, 4.69) is 75.5 Å². The van der Waals surface area contributed by atoms with E-state index in [1.807, 2.05) is 84.7 Å². The summed E-state index contributed by atoms with van der Waals surface area (Å²) in [6.07, 6.45) is 9.48. The lowest BCUT2D eigenvalue weighted by Gasteiger charge is -2.37. The van der Waals surface area contributed by atoms with Gasteiger partial charge in [-0.2, -0.15) is 0 Å². The van der Waals surface area contributed by atoms with E-state index in [1.165, 1.54) is 6.42 Å². The number of carbonyl (C=O) groups excluding carboxylic acids is 2. The number of H-pyrrole nitrogens is 2. The molecule has 4 heterocycles. The van der Waals surface area contributed by atoms with E-state index in [0.29, 0.717) is 6.42 Å². The predicted octanol–water partition coefficient (Wildman–Crippen LogP) is 8.79. The fourth-order valence-electron chi connectivity index (χ4n) is 8.14. The molecule has 0 spiro atoms. The van der Waals surface area contributed by atoms with Crippen LogP contribution in [0.4, 0.5) is 0 Å². The summed E-state index contributed by atoms with van der Waals surface area (Å²) in [6.45, 7) is 4.66. The first-order chi connectivity index (χ1) is 26.9. The Labute approximate surface area is 323 Å². The third kappa shape index (κ3) is 7.89. The zero-order chi connectivity index (χ0) is 37.7. The van der Waals surface area contributed by atoms with Crippen LogP contribution in [-0.4, -0.2) is 73.1 Å². The number of aromatic nitrogens is 4. The van der Waals surface area contributed by atoms with Crippen molar-refractivity contribution in [1.29, 1.82) is 0 Å². The van der Waals surface area contributed by atoms with Crippen molar-refractivity contribution in [3.63, 3.8) is 0 Å². The summed E-state index contributed by atoms with van der Waals surface area (Å²) < 4.78 is 0. The predicted molar refractivity (Wildman–Crippen MR) is 217 cm³/mol. The second kappa shape index (κ2) is 16.3. The molecular weight excluding hydrogens is 683 g/mol. The first kappa shape index (κ1) is 36.2. The number of piperidine rings is 1. The third-order valence-electron chi connectivity index (χ3n) is 11.4. The van der Waals surface area contributed by atoms with E-state index in [4.69, 9.17) is 9.97 Å². The van der Waals surface area contributed by atoms with Crippen molar-refractivity contribution in [2.24, 2.45) is 0 Å². The van der Waals surface area contributed by atoms with Crippen LogP contribution in [0.5, 0.6) is 0 Å². The number of nitrogens with one attached hydrogen (secondary N) is 2. The van der Waals surface area contributed by atoms with E-state index in [0.717, 1.165) is 102 Å². The smallest absolute Gasteiger partial charge is 0.244 e. The van der Waals surface area contributed by atoms with E-state index in [9.17, 15) is 9.59 Å². The molecule has 0 radical (unpaired) electrons. The Morgan fingerprint density at radius 3 is 1.95 bits per heavy atom. The Morgan fingerprint density at radius 2 is 1.29 bits per heavy atom. The zero-order valence-corrected chi connectivity index (χ0v) is 31.7. The molecule has 2 N–H and O–H groups in total.